The van der Waals surface area contributed by atoms with Gasteiger partial charge in [-0.3, -0.25) is 4.79 Å². The molecule has 0 spiro atoms. The predicted molar refractivity (Wildman–Crippen MR) is 81.9 cm³/mol. The van der Waals surface area contributed by atoms with E-state index in [2.05, 4.69) is 5.32 Å². The van der Waals surface area contributed by atoms with Gasteiger partial charge in [-0.2, -0.15) is 0 Å². The molecule has 1 amide bonds. The molecule has 0 saturated heterocycles. The Balaban J connectivity index is 2.18. The summed E-state index contributed by atoms with van der Waals surface area (Å²) in [5, 5.41) is 5.05. The number of amides is 1. The van der Waals surface area contributed by atoms with Gasteiger partial charge in [0.1, 0.15) is 5.75 Å². The van der Waals surface area contributed by atoms with Crippen LogP contribution in [0.25, 0.3) is 10.8 Å². The lowest BCUT2D eigenvalue weighted by atomic mass is 10.1. The van der Waals surface area contributed by atoms with E-state index in [1.807, 2.05) is 63.2 Å². The predicted octanol–water partition coefficient (Wildman–Crippen LogP) is 3.52. The minimum absolute atomic E-state index is 0.106. The third-order valence-electron chi connectivity index (χ3n) is 2.92. The number of ether oxygens (including phenoxy) is 1. The Labute approximate surface area is 119 Å². The number of nitrogens with one attached hydrogen (secondary N) is 1. The maximum Gasteiger partial charge on any atom is 0.261 e. The van der Waals surface area contributed by atoms with Gasteiger partial charge in [0.05, 0.1) is 0 Å². The van der Waals surface area contributed by atoms with Gasteiger partial charge in [0.2, 0.25) is 0 Å². The van der Waals surface area contributed by atoms with Crippen molar-refractivity contribution in [2.45, 2.75) is 39.3 Å². The van der Waals surface area contributed by atoms with Crippen molar-refractivity contribution in [1.82, 2.24) is 5.32 Å². The average Bonchev–Trinajstić information content (AvgIpc) is 2.37. The molecule has 1 unspecified atom stereocenters. The molecule has 2 aromatic rings. The number of fused-ring (bicyclic) bond motifs is 1. The van der Waals surface area contributed by atoms with E-state index in [1.165, 1.54) is 0 Å². The molecule has 106 valence electrons. The topological polar surface area (TPSA) is 38.3 Å². The molecular weight excluding hydrogens is 250 g/mol. The number of carbonyl (C=O) groups excluding carboxylic acids is 1. The Kier molecular flexibility index (Phi) is 3.98. The van der Waals surface area contributed by atoms with Crippen molar-refractivity contribution < 1.29 is 9.53 Å². The maximum atomic E-state index is 12.1. The van der Waals surface area contributed by atoms with E-state index in [9.17, 15) is 4.79 Å². The highest BCUT2D eigenvalue weighted by molar-refractivity contribution is 5.89. The number of benzene rings is 2. The second-order valence-electron chi connectivity index (χ2n) is 5.98. The molecule has 0 aliphatic carbocycles. The van der Waals surface area contributed by atoms with Gasteiger partial charge in [0.15, 0.2) is 6.10 Å². The van der Waals surface area contributed by atoms with Crippen molar-refractivity contribution in [1.29, 1.82) is 0 Å². The lowest BCUT2D eigenvalue weighted by Gasteiger charge is -2.24. The van der Waals surface area contributed by atoms with Crippen LogP contribution in [0.5, 0.6) is 5.75 Å². The smallest absolute Gasteiger partial charge is 0.261 e. The molecule has 3 heteroatoms. The zero-order chi connectivity index (χ0) is 14.8. The lowest BCUT2D eigenvalue weighted by molar-refractivity contribution is -0.128. The van der Waals surface area contributed by atoms with Crippen LogP contribution in [-0.2, 0) is 4.79 Å². The summed E-state index contributed by atoms with van der Waals surface area (Å²) in [6, 6.07) is 13.8. The summed E-state index contributed by atoms with van der Waals surface area (Å²) in [5.74, 6) is 0.630. The fourth-order valence-electron chi connectivity index (χ4n) is 2.01. The molecule has 2 rings (SSSR count). The van der Waals surface area contributed by atoms with E-state index in [1.54, 1.807) is 6.92 Å². The maximum absolute atomic E-state index is 12.1. The first-order chi connectivity index (χ1) is 9.37. The molecule has 0 aliphatic heterocycles. The fourth-order valence-corrected chi connectivity index (χ4v) is 2.01. The Morgan fingerprint density at radius 1 is 1.10 bits per heavy atom. The number of hydrogen-bond donors (Lipinski definition) is 1. The first-order valence-corrected chi connectivity index (χ1v) is 6.83. The summed E-state index contributed by atoms with van der Waals surface area (Å²) in [5.41, 5.74) is -0.256. The average molecular weight is 271 g/mol. The van der Waals surface area contributed by atoms with Gasteiger partial charge < -0.3 is 10.1 Å². The summed E-state index contributed by atoms with van der Waals surface area (Å²) in [6.45, 7) is 7.63. The van der Waals surface area contributed by atoms with Crippen LogP contribution < -0.4 is 10.1 Å². The molecule has 0 bridgehead atoms. The fraction of sp³-hybridized carbons (Fsp3) is 0.353. The Hall–Kier alpha value is -2.03. The number of hydrogen-bond acceptors (Lipinski definition) is 2. The molecule has 20 heavy (non-hydrogen) atoms. The van der Waals surface area contributed by atoms with Crippen LogP contribution in [0.3, 0.4) is 0 Å². The van der Waals surface area contributed by atoms with Gasteiger partial charge in [0, 0.05) is 10.9 Å². The molecule has 0 fully saturated rings. The Morgan fingerprint density at radius 3 is 2.45 bits per heavy atom. The summed E-state index contributed by atoms with van der Waals surface area (Å²) >= 11 is 0. The van der Waals surface area contributed by atoms with Crippen LogP contribution in [0.4, 0.5) is 0 Å². The summed E-state index contributed by atoms with van der Waals surface area (Å²) < 4.78 is 5.82. The van der Waals surface area contributed by atoms with Crippen molar-refractivity contribution in [3.8, 4) is 5.75 Å². The summed E-state index contributed by atoms with van der Waals surface area (Å²) in [6.07, 6.45) is -0.528. The summed E-state index contributed by atoms with van der Waals surface area (Å²) in [4.78, 5) is 12.1. The molecule has 1 atom stereocenters. The SMILES string of the molecule is CC(Oc1cccc2ccccc12)C(=O)NC(C)(C)C. The minimum Gasteiger partial charge on any atom is -0.480 e. The van der Waals surface area contributed by atoms with Crippen LogP contribution in [-0.4, -0.2) is 17.6 Å². The van der Waals surface area contributed by atoms with Gasteiger partial charge in [-0.05, 0) is 39.1 Å². The lowest BCUT2D eigenvalue weighted by Crippen LogP contribution is -2.46. The first kappa shape index (κ1) is 14.4. The van der Waals surface area contributed by atoms with Crippen LogP contribution in [0.1, 0.15) is 27.7 Å². The zero-order valence-corrected chi connectivity index (χ0v) is 12.4. The third kappa shape index (κ3) is 3.50. The van der Waals surface area contributed by atoms with E-state index in [4.69, 9.17) is 4.74 Å². The highest BCUT2D eigenvalue weighted by Crippen LogP contribution is 2.26. The van der Waals surface area contributed by atoms with Crippen LogP contribution >= 0.6 is 0 Å². The van der Waals surface area contributed by atoms with Gasteiger partial charge in [-0.1, -0.05) is 36.4 Å². The molecule has 0 radical (unpaired) electrons. The molecule has 0 saturated carbocycles. The van der Waals surface area contributed by atoms with Crippen molar-refractivity contribution in [2.75, 3.05) is 0 Å². The normalized spacial score (nSPS) is 13.0. The number of carbonyl (C=O) groups is 1. The zero-order valence-electron chi connectivity index (χ0n) is 12.4. The quantitative estimate of drug-likeness (QED) is 0.927. The van der Waals surface area contributed by atoms with Crippen molar-refractivity contribution in [3.05, 3.63) is 42.5 Å². The van der Waals surface area contributed by atoms with Gasteiger partial charge in [-0.15, -0.1) is 0 Å². The molecule has 0 heterocycles. The molecule has 1 N–H and O–H groups in total. The molecule has 3 nitrogen and oxygen atoms in total. The van der Waals surface area contributed by atoms with Gasteiger partial charge in [-0.25, -0.2) is 0 Å². The summed E-state index contributed by atoms with van der Waals surface area (Å²) in [7, 11) is 0. The van der Waals surface area contributed by atoms with E-state index in [0.717, 1.165) is 16.5 Å². The first-order valence-electron chi connectivity index (χ1n) is 6.83. The van der Waals surface area contributed by atoms with E-state index in [-0.39, 0.29) is 11.4 Å². The van der Waals surface area contributed by atoms with Gasteiger partial charge >= 0.3 is 0 Å². The second-order valence-corrected chi connectivity index (χ2v) is 5.98. The standard InChI is InChI=1S/C17H21NO2/c1-12(16(19)18-17(2,3)4)20-15-11-7-9-13-8-5-6-10-14(13)15/h5-12H,1-4H3,(H,18,19). The highest BCUT2D eigenvalue weighted by Gasteiger charge is 2.20. The van der Waals surface area contributed by atoms with E-state index in [0.29, 0.717) is 0 Å². The second kappa shape index (κ2) is 5.53. The molecule has 0 aliphatic rings. The molecular formula is C17H21NO2. The van der Waals surface area contributed by atoms with Gasteiger partial charge in [0.25, 0.3) is 5.91 Å². The highest BCUT2D eigenvalue weighted by atomic mass is 16.5. The minimum atomic E-state index is -0.528. The van der Waals surface area contributed by atoms with Crippen molar-refractivity contribution >= 4 is 16.7 Å². The van der Waals surface area contributed by atoms with Crippen LogP contribution in [0.15, 0.2) is 42.5 Å². The Bertz CT molecular complexity index is 608. The van der Waals surface area contributed by atoms with E-state index >= 15 is 0 Å². The van der Waals surface area contributed by atoms with Crippen LogP contribution in [0, 0.1) is 0 Å². The molecule has 0 aromatic heterocycles. The monoisotopic (exact) mass is 271 g/mol. The van der Waals surface area contributed by atoms with Crippen LogP contribution in [0.2, 0.25) is 0 Å². The van der Waals surface area contributed by atoms with Crippen molar-refractivity contribution in [2.24, 2.45) is 0 Å². The third-order valence-corrected chi connectivity index (χ3v) is 2.92. The molecule has 2 aromatic carbocycles. The number of rotatable bonds is 3. The van der Waals surface area contributed by atoms with E-state index < -0.39 is 6.10 Å². The Morgan fingerprint density at radius 2 is 1.75 bits per heavy atom. The van der Waals surface area contributed by atoms with Crippen molar-refractivity contribution in [3.63, 3.8) is 0 Å². The largest absolute Gasteiger partial charge is 0.480 e.